The number of carbonyl (C=O) groups excluding carboxylic acids is 1. The van der Waals surface area contributed by atoms with Gasteiger partial charge >= 0.3 is 0 Å². The average molecular weight is 347 g/mol. The Balaban J connectivity index is 1.67. The fourth-order valence-electron chi connectivity index (χ4n) is 3.97. The quantitative estimate of drug-likeness (QED) is 0.848. The van der Waals surface area contributed by atoms with Gasteiger partial charge in [-0.25, -0.2) is 4.98 Å². The summed E-state index contributed by atoms with van der Waals surface area (Å²) in [6.07, 6.45) is 5.47. The van der Waals surface area contributed by atoms with E-state index in [-0.39, 0.29) is 18.4 Å². The van der Waals surface area contributed by atoms with E-state index in [0.29, 0.717) is 37.1 Å². The van der Waals surface area contributed by atoms with Gasteiger partial charge in [-0.15, -0.1) is 0 Å². The summed E-state index contributed by atoms with van der Waals surface area (Å²) in [5, 5.41) is 9.78. The van der Waals surface area contributed by atoms with E-state index in [1.807, 2.05) is 11.8 Å². The van der Waals surface area contributed by atoms with Gasteiger partial charge in [0, 0.05) is 38.4 Å². The molecule has 6 heteroatoms. The number of amides is 1. The summed E-state index contributed by atoms with van der Waals surface area (Å²) in [5.74, 6) is 0.837. The van der Waals surface area contributed by atoms with Crippen molar-refractivity contribution in [2.45, 2.75) is 26.2 Å². The standard InChI is InChI=1S/C19H29N3O3/c1-2-25-18-17(7-6-8-20-18)19(24)22-12-15(16(13-22)14-23)11-21-9-4-3-5-10-21/h6-8,15-16,23H,2-5,9-14H2,1H3/t15-,16-/m1/s1. The third kappa shape index (κ3) is 4.30. The molecule has 0 saturated carbocycles. The van der Waals surface area contributed by atoms with Crippen LogP contribution in [0.4, 0.5) is 0 Å². The van der Waals surface area contributed by atoms with Crippen LogP contribution in [0.25, 0.3) is 0 Å². The van der Waals surface area contributed by atoms with Crippen molar-refractivity contribution in [3.05, 3.63) is 23.9 Å². The van der Waals surface area contributed by atoms with Gasteiger partial charge in [-0.2, -0.15) is 0 Å². The molecule has 0 spiro atoms. The summed E-state index contributed by atoms with van der Waals surface area (Å²) in [5.41, 5.74) is 0.514. The number of piperidine rings is 1. The monoisotopic (exact) mass is 347 g/mol. The van der Waals surface area contributed by atoms with Gasteiger partial charge in [0.2, 0.25) is 5.88 Å². The maximum absolute atomic E-state index is 13.0. The summed E-state index contributed by atoms with van der Waals surface area (Å²) >= 11 is 0. The smallest absolute Gasteiger partial charge is 0.259 e. The van der Waals surface area contributed by atoms with E-state index in [1.165, 1.54) is 19.3 Å². The van der Waals surface area contributed by atoms with Gasteiger partial charge in [-0.1, -0.05) is 6.42 Å². The first-order valence-electron chi connectivity index (χ1n) is 9.43. The number of pyridine rings is 1. The summed E-state index contributed by atoms with van der Waals surface area (Å²) < 4.78 is 5.50. The fraction of sp³-hybridized carbons (Fsp3) is 0.684. The zero-order valence-corrected chi connectivity index (χ0v) is 15.1. The van der Waals surface area contributed by atoms with Gasteiger partial charge in [-0.05, 0) is 50.9 Å². The molecule has 0 aromatic carbocycles. The second-order valence-electron chi connectivity index (χ2n) is 7.06. The molecule has 0 unspecified atom stereocenters. The number of aromatic nitrogens is 1. The molecule has 2 aliphatic heterocycles. The Morgan fingerprint density at radius 2 is 2.04 bits per heavy atom. The molecule has 25 heavy (non-hydrogen) atoms. The van der Waals surface area contributed by atoms with E-state index in [1.54, 1.807) is 18.3 Å². The molecule has 3 rings (SSSR count). The van der Waals surface area contributed by atoms with Crippen LogP contribution in [0.2, 0.25) is 0 Å². The third-order valence-electron chi connectivity index (χ3n) is 5.32. The highest BCUT2D eigenvalue weighted by Gasteiger charge is 2.37. The lowest BCUT2D eigenvalue weighted by Gasteiger charge is -2.30. The number of carbonyl (C=O) groups is 1. The van der Waals surface area contributed by atoms with Gasteiger partial charge in [0.1, 0.15) is 5.56 Å². The Kier molecular flexibility index (Phi) is 6.26. The molecule has 1 aromatic heterocycles. The van der Waals surface area contributed by atoms with Crippen molar-refractivity contribution in [3.63, 3.8) is 0 Å². The molecule has 0 aliphatic carbocycles. The predicted octanol–water partition coefficient (Wildman–Crippen LogP) is 1.65. The Morgan fingerprint density at radius 1 is 1.28 bits per heavy atom. The topological polar surface area (TPSA) is 65.9 Å². The number of hydrogen-bond acceptors (Lipinski definition) is 5. The first-order valence-corrected chi connectivity index (χ1v) is 9.43. The number of ether oxygens (including phenoxy) is 1. The lowest BCUT2D eigenvalue weighted by molar-refractivity contribution is 0.0773. The van der Waals surface area contributed by atoms with Gasteiger partial charge in [0.15, 0.2) is 0 Å². The summed E-state index contributed by atoms with van der Waals surface area (Å²) in [6.45, 7) is 7.05. The summed E-state index contributed by atoms with van der Waals surface area (Å²) in [6, 6.07) is 3.53. The zero-order valence-electron chi connectivity index (χ0n) is 15.1. The van der Waals surface area contributed by atoms with Crippen molar-refractivity contribution in [2.24, 2.45) is 11.8 Å². The average Bonchev–Trinajstić information content (AvgIpc) is 3.05. The molecule has 2 fully saturated rings. The Labute approximate surface area is 149 Å². The van der Waals surface area contributed by atoms with E-state index in [9.17, 15) is 9.90 Å². The number of rotatable bonds is 6. The first-order chi connectivity index (χ1) is 12.2. The third-order valence-corrected chi connectivity index (χ3v) is 5.32. The van der Waals surface area contributed by atoms with Crippen LogP contribution in [0.15, 0.2) is 18.3 Å². The number of nitrogens with zero attached hydrogens (tertiary/aromatic N) is 3. The van der Waals surface area contributed by atoms with Crippen molar-refractivity contribution in [3.8, 4) is 5.88 Å². The molecule has 0 bridgehead atoms. The Hall–Kier alpha value is -1.66. The molecule has 138 valence electrons. The largest absolute Gasteiger partial charge is 0.477 e. The zero-order chi connectivity index (χ0) is 17.6. The van der Waals surface area contributed by atoms with E-state index in [4.69, 9.17) is 4.74 Å². The predicted molar refractivity (Wildman–Crippen MR) is 95.7 cm³/mol. The lowest BCUT2D eigenvalue weighted by Crippen LogP contribution is -2.37. The molecule has 0 radical (unpaired) electrons. The number of aliphatic hydroxyl groups is 1. The minimum Gasteiger partial charge on any atom is -0.477 e. The molecule has 1 amide bonds. The maximum Gasteiger partial charge on any atom is 0.259 e. The molecular formula is C19H29N3O3. The second-order valence-corrected chi connectivity index (χ2v) is 7.06. The SMILES string of the molecule is CCOc1ncccc1C(=O)N1C[C@@H](CN2CCCCC2)[C@@H](CO)C1. The van der Waals surface area contributed by atoms with Crippen LogP contribution in [0.3, 0.4) is 0 Å². The molecule has 6 nitrogen and oxygen atoms in total. The van der Waals surface area contributed by atoms with Gasteiger partial charge < -0.3 is 19.6 Å². The van der Waals surface area contributed by atoms with E-state index in [2.05, 4.69) is 9.88 Å². The molecule has 2 saturated heterocycles. The highest BCUT2D eigenvalue weighted by atomic mass is 16.5. The van der Waals surface area contributed by atoms with Crippen molar-refractivity contribution in [1.29, 1.82) is 0 Å². The van der Waals surface area contributed by atoms with Crippen molar-refractivity contribution in [2.75, 3.05) is 45.9 Å². The number of hydrogen-bond donors (Lipinski definition) is 1. The Morgan fingerprint density at radius 3 is 2.76 bits per heavy atom. The van der Waals surface area contributed by atoms with Gasteiger partial charge in [-0.3, -0.25) is 4.79 Å². The minimum atomic E-state index is -0.0452. The number of aliphatic hydroxyl groups excluding tert-OH is 1. The number of likely N-dealkylation sites (tertiary alicyclic amines) is 2. The molecule has 1 N–H and O–H groups in total. The molecule has 2 atom stereocenters. The maximum atomic E-state index is 13.0. The van der Waals surface area contributed by atoms with Crippen LogP contribution in [-0.2, 0) is 0 Å². The van der Waals surface area contributed by atoms with Gasteiger partial charge in [0.05, 0.1) is 6.61 Å². The second kappa shape index (κ2) is 8.63. The van der Waals surface area contributed by atoms with Crippen molar-refractivity contribution in [1.82, 2.24) is 14.8 Å². The molecule has 1 aromatic rings. The van der Waals surface area contributed by atoms with Crippen molar-refractivity contribution >= 4 is 5.91 Å². The molecule has 2 aliphatic rings. The van der Waals surface area contributed by atoms with Gasteiger partial charge in [0.25, 0.3) is 5.91 Å². The van der Waals surface area contributed by atoms with Crippen LogP contribution in [0.5, 0.6) is 5.88 Å². The lowest BCUT2D eigenvalue weighted by atomic mass is 9.95. The molecule has 3 heterocycles. The van der Waals surface area contributed by atoms with Crippen LogP contribution in [-0.4, -0.2) is 71.7 Å². The summed E-state index contributed by atoms with van der Waals surface area (Å²) in [7, 11) is 0. The van der Waals surface area contributed by atoms with Crippen LogP contribution in [0, 0.1) is 11.8 Å². The summed E-state index contributed by atoms with van der Waals surface area (Å²) in [4.78, 5) is 21.5. The fourth-order valence-corrected chi connectivity index (χ4v) is 3.97. The minimum absolute atomic E-state index is 0.0452. The van der Waals surface area contributed by atoms with Crippen molar-refractivity contribution < 1.29 is 14.6 Å². The Bertz CT molecular complexity index is 575. The first kappa shape index (κ1) is 18.1. The van der Waals surface area contributed by atoms with Crippen LogP contribution >= 0.6 is 0 Å². The van der Waals surface area contributed by atoms with E-state index in [0.717, 1.165) is 19.6 Å². The molecular weight excluding hydrogens is 318 g/mol. The van der Waals surface area contributed by atoms with Crippen LogP contribution < -0.4 is 4.74 Å². The van der Waals surface area contributed by atoms with E-state index >= 15 is 0 Å². The van der Waals surface area contributed by atoms with Crippen LogP contribution in [0.1, 0.15) is 36.5 Å². The normalized spacial score (nSPS) is 24.5. The highest BCUT2D eigenvalue weighted by molar-refractivity contribution is 5.96. The van der Waals surface area contributed by atoms with E-state index < -0.39 is 0 Å². The highest BCUT2D eigenvalue weighted by Crippen LogP contribution is 2.28.